The van der Waals surface area contributed by atoms with Crippen LogP contribution >= 0.6 is 15.9 Å². The lowest BCUT2D eigenvalue weighted by Crippen LogP contribution is -2.10. The molecule has 0 fully saturated rings. The van der Waals surface area contributed by atoms with Gasteiger partial charge in [0.25, 0.3) is 0 Å². The van der Waals surface area contributed by atoms with Crippen LogP contribution in [0.1, 0.15) is 31.0 Å². The summed E-state index contributed by atoms with van der Waals surface area (Å²) in [6, 6.07) is 7.68. The third kappa shape index (κ3) is 2.87. The van der Waals surface area contributed by atoms with Gasteiger partial charge in [0.15, 0.2) is 0 Å². The van der Waals surface area contributed by atoms with Gasteiger partial charge in [-0.25, -0.2) is 4.98 Å². The normalized spacial score (nSPS) is 12.9. The monoisotopic (exact) mass is 349 g/mol. The Kier molecular flexibility index (Phi) is 4.07. The number of benzene rings is 1. The summed E-state index contributed by atoms with van der Waals surface area (Å²) in [5.41, 5.74) is 0.751. The molecule has 3 rings (SSSR count). The van der Waals surface area contributed by atoms with Crippen molar-refractivity contribution in [2.75, 3.05) is 0 Å². The van der Waals surface area contributed by atoms with Gasteiger partial charge in [0.1, 0.15) is 29.6 Å². The second kappa shape index (κ2) is 5.99. The molecule has 3 aromatic rings. The van der Waals surface area contributed by atoms with Gasteiger partial charge in [0.05, 0.1) is 4.47 Å². The Morgan fingerprint density at radius 3 is 3.05 bits per heavy atom. The molecule has 0 aliphatic rings. The molecule has 1 aromatic carbocycles. The van der Waals surface area contributed by atoms with Gasteiger partial charge < -0.3 is 9.52 Å². The number of aromatic nitrogens is 3. The van der Waals surface area contributed by atoms with Crippen LogP contribution in [0, 0.1) is 0 Å². The molecule has 21 heavy (non-hydrogen) atoms. The number of aryl methyl sites for hydroxylation is 1. The lowest BCUT2D eigenvalue weighted by Gasteiger charge is -2.08. The van der Waals surface area contributed by atoms with E-state index < -0.39 is 6.10 Å². The highest BCUT2D eigenvalue weighted by Crippen LogP contribution is 2.30. The van der Waals surface area contributed by atoms with Crippen molar-refractivity contribution < 1.29 is 9.52 Å². The Hall–Kier alpha value is -1.66. The topological polar surface area (TPSA) is 64.1 Å². The van der Waals surface area contributed by atoms with Gasteiger partial charge in [0, 0.05) is 18.4 Å². The average Bonchev–Trinajstić information content (AvgIpc) is 3.07. The molecule has 1 N–H and O–H groups in total. The zero-order valence-electron chi connectivity index (χ0n) is 11.7. The van der Waals surface area contributed by atoms with Crippen molar-refractivity contribution in [3.63, 3.8) is 0 Å². The van der Waals surface area contributed by atoms with E-state index in [9.17, 15) is 5.11 Å². The summed E-state index contributed by atoms with van der Waals surface area (Å²) in [5, 5.41) is 15.5. The van der Waals surface area contributed by atoms with Crippen molar-refractivity contribution in [3.8, 4) is 0 Å². The van der Waals surface area contributed by atoms with E-state index in [1.165, 1.54) is 6.33 Å². The van der Waals surface area contributed by atoms with Gasteiger partial charge in [-0.15, -0.1) is 0 Å². The molecule has 1 atom stereocenters. The van der Waals surface area contributed by atoms with Gasteiger partial charge in [-0.05, 0) is 34.5 Å². The second-order valence-electron chi connectivity index (χ2n) is 4.93. The minimum absolute atomic E-state index is 0.386. The molecule has 2 heterocycles. The first-order valence-corrected chi connectivity index (χ1v) is 7.71. The zero-order valence-corrected chi connectivity index (χ0v) is 13.2. The quantitative estimate of drug-likeness (QED) is 0.765. The number of halogens is 1. The van der Waals surface area contributed by atoms with Crippen LogP contribution in [0.3, 0.4) is 0 Å². The Bertz CT molecular complexity index is 750. The van der Waals surface area contributed by atoms with Crippen molar-refractivity contribution in [2.24, 2.45) is 0 Å². The Balaban J connectivity index is 1.85. The van der Waals surface area contributed by atoms with Crippen LogP contribution in [0.4, 0.5) is 0 Å². The highest BCUT2D eigenvalue weighted by atomic mass is 79.9. The van der Waals surface area contributed by atoms with E-state index >= 15 is 0 Å². The van der Waals surface area contributed by atoms with Crippen molar-refractivity contribution in [1.82, 2.24) is 14.8 Å². The summed E-state index contributed by atoms with van der Waals surface area (Å²) in [7, 11) is 0. The summed E-state index contributed by atoms with van der Waals surface area (Å²) >= 11 is 3.45. The van der Waals surface area contributed by atoms with Crippen molar-refractivity contribution >= 4 is 26.9 Å². The molecule has 5 nitrogen and oxygen atoms in total. The Morgan fingerprint density at radius 1 is 1.43 bits per heavy atom. The van der Waals surface area contributed by atoms with E-state index in [-0.39, 0.29) is 0 Å². The largest absolute Gasteiger partial charge is 0.457 e. The SMILES string of the molecule is CCCn1ncnc1CC(O)c1cc2cccc(Br)c2o1. The van der Waals surface area contributed by atoms with Gasteiger partial charge in [0.2, 0.25) is 0 Å². The van der Waals surface area contributed by atoms with E-state index in [0.29, 0.717) is 12.2 Å². The third-order valence-corrected chi connectivity index (χ3v) is 3.98. The number of aliphatic hydroxyl groups excluding tert-OH is 1. The molecule has 0 spiro atoms. The van der Waals surface area contributed by atoms with Crippen LogP contribution in [0.15, 0.2) is 39.5 Å². The first-order chi connectivity index (χ1) is 10.2. The molecule has 6 heteroatoms. The number of nitrogens with zero attached hydrogens (tertiary/aromatic N) is 3. The summed E-state index contributed by atoms with van der Waals surface area (Å²) in [6.07, 6.45) is 2.15. The molecule has 110 valence electrons. The molecule has 0 aliphatic carbocycles. The fourth-order valence-electron chi connectivity index (χ4n) is 2.33. The smallest absolute Gasteiger partial charge is 0.148 e. The predicted octanol–water partition coefficient (Wildman–Crippen LogP) is 3.47. The van der Waals surface area contributed by atoms with Crippen LogP contribution in [0.5, 0.6) is 0 Å². The van der Waals surface area contributed by atoms with E-state index in [1.807, 2.05) is 28.9 Å². The van der Waals surface area contributed by atoms with Gasteiger partial charge in [-0.1, -0.05) is 19.1 Å². The first kappa shape index (κ1) is 14.3. The Labute approximate surface area is 130 Å². The number of hydrogen-bond acceptors (Lipinski definition) is 4. The molecule has 0 radical (unpaired) electrons. The fraction of sp³-hybridized carbons (Fsp3) is 0.333. The van der Waals surface area contributed by atoms with Crippen LogP contribution < -0.4 is 0 Å². The number of furan rings is 1. The third-order valence-electron chi connectivity index (χ3n) is 3.35. The van der Waals surface area contributed by atoms with E-state index in [1.54, 1.807) is 0 Å². The highest BCUT2D eigenvalue weighted by molar-refractivity contribution is 9.10. The molecular formula is C15H16BrN3O2. The minimum atomic E-state index is -0.732. The number of para-hydroxylation sites is 1. The molecular weight excluding hydrogens is 334 g/mol. The molecule has 0 amide bonds. The summed E-state index contributed by atoms with van der Waals surface area (Å²) < 4.78 is 8.46. The summed E-state index contributed by atoms with van der Waals surface area (Å²) in [5.74, 6) is 1.31. The molecule has 2 aromatic heterocycles. The first-order valence-electron chi connectivity index (χ1n) is 6.91. The van der Waals surface area contributed by atoms with Gasteiger partial charge in [-0.2, -0.15) is 5.10 Å². The Morgan fingerprint density at radius 2 is 2.29 bits per heavy atom. The van der Waals surface area contributed by atoms with E-state index in [0.717, 1.165) is 34.2 Å². The van der Waals surface area contributed by atoms with Crippen LogP contribution in [0.2, 0.25) is 0 Å². The summed E-state index contributed by atoms with van der Waals surface area (Å²) in [4.78, 5) is 4.21. The number of fused-ring (bicyclic) bond motifs is 1. The molecule has 0 saturated heterocycles. The van der Waals surface area contributed by atoms with Crippen LogP contribution in [0.25, 0.3) is 11.0 Å². The standard InChI is InChI=1S/C15H16BrN3O2/c1-2-6-19-14(17-9-18-19)8-12(20)13-7-10-4-3-5-11(16)15(10)21-13/h3-5,7,9,12,20H,2,6,8H2,1H3. The average molecular weight is 350 g/mol. The number of rotatable bonds is 5. The van der Waals surface area contributed by atoms with Crippen molar-refractivity contribution in [1.29, 1.82) is 0 Å². The highest BCUT2D eigenvalue weighted by Gasteiger charge is 2.18. The maximum Gasteiger partial charge on any atom is 0.148 e. The van der Waals surface area contributed by atoms with E-state index in [4.69, 9.17) is 4.42 Å². The second-order valence-corrected chi connectivity index (χ2v) is 5.78. The molecule has 0 saturated carbocycles. The summed E-state index contributed by atoms with van der Waals surface area (Å²) in [6.45, 7) is 2.88. The fourth-order valence-corrected chi connectivity index (χ4v) is 2.79. The minimum Gasteiger partial charge on any atom is -0.457 e. The number of aliphatic hydroxyl groups is 1. The van der Waals surface area contributed by atoms with Crippen molar-refractivity contribution in [2.45, 2.75) is 32.4 Å². The van der Waals surface area contributed by atoms with Crippen molar-refractivity contribution in [3.05, 3.63) is 46.7 Å². The van der Waals surface area contributed by atoms with Crippen LogP contribution in [-0.4, -0.2) is 19.9 Å². The maximum absolute atomic E-state index is 10.4. The van der Waals surface area contributed by atoms with Crippen LogP contribution in [-0.2, 0) is 13.0 Å². The lowest BCUT2D eigenvalue weighted by atomic mass is 10.1. The predicted molar refractivity (Wildman–Crippen MR) is 82.9 cm³/mol. The van der Waals surface area contributed by atoms with Gasteiger partial charge in [-0.3, -0.25) is 4.68 Å². The number of hydrogen-bond donors (Lipinski definition) is 1. The zero-order chi connectivity index (χ0) is 14.8. The maximum atomic E-state index is 10.4. The molecule has 0 bridgehead atoms. The molecule has 1 unspecified atom stereocenters. The lowest BCUT2D eigenvalue weighted by molar-refractivity contribution is 0.148. The van der Waals surface area contributed by atoms with E-state index in [2.05, 4.69) is 32.9 Å². The molecule has 0 aliphatic heterocycles. The van der Waals surface area contributed by atoms with Gasteiger partial charge >= 0.3 is 0 Å².